The molecule has 0 spiro atoms. The number of aryl methyl sites for hydroxylation is 1. The van der Waals surface area contributed by atoms with Crippen LogP contribution in [0.4, 0.5) is 4.79 Å². The maximum Gasteiger partial charge on any atom is 0.410 e. The van der Waals surface area contributed by atoms with Gasteiger partial charge in [0.1, 0.15) is 12.6 Å². The van der Waals surface area contributed by atoms with Crippen LogP contribution in [0.1, 0.15) is 24.0 Å². The lowest BCUT2D eigenvalue weighted by atomic mass is 10.2. The van der Waals surface area contributed by atoms with E-state index in [4.69, 9.17) is 4.74 Å². The SMILES string of the molecule is Cc1ccc(S(=O)(=O)NC(=O)C2CCCN2C(=O)OCc2ccccc2)cc1. The lowest BCUT2D eigenvalue weighted by molar-refractivity contribution is -0.123. The standard InChI is InChI=1S/C20H22N2O5S/c1-15-9-11-17(12-10-15)28(25,26)21-19(23)18-8-5-13-22(18)20(24)27-14-16-6-3-2-4-7-16/h2-4,6-7,9-12,18H,5,8,13-14H2,1H3,(H,21,23). The number of nitrogens with one attached hydrogen (secondary N) is 1. The van der Waals surface area contributed by atoms with Crippen molar-refractivity contribution < 1.29 is 22.7 Å². The van der Waals surface area contributed by atoms with Gasteiger partial charge in [0.15, 0.2) is 0 Å². The van der Waals surface area contributed by atoms with Gasteiger partial charge in [-0.25, -0.2) is 17.9 Å². The summed E-state index contributed by atoms with van der Waals surface area (Å²) in [7, 11) is -4.00. The van der Waals surface area contributed by atoms with Crippen LogP contribution in [0.25, 0.3) is 0 Å². The molecule has 28 heavy (non-hydrogen) atoms. The van der Waals surface area contributed by atoms with Gasteiger partial charge >= 0.3 is 6.09 Å². The third-order valence-corrected chi connectivity index (χ3v) is 5.92. The van der Waals surface area contributed by atoms with Gasteiger partial charge in [-0.3, -0.25) is 9.69 Å². The first-order chi connectivity index (χ1) is 13.4. The molecular weight excluding hydrogens is 380 g/mol. The molecule has 2 aromatic carbocycles. The fourth-order valence-electron chi connectivity index (χ4n) is 3.04. The van der Waals surface area contributed by atoms with Crippen LogP contribution in [-0.4, -0.2) is 37.9 Å². The van der Waals surface area contributed by atoms with E-state index < -0.39 is 28.1 Å². The highest BCUT2D eigenvalue weighted by molar-refractivity contribution is 7.90. The number of carbonyl (C=O) groups excluding carboxylic acids is 2. The number of benzene rings is 2. The van der Waals surface area contributed by atoms with Gasteiger partial charge in [-0.1, -0.05) is 48.0 Å². The quantitative estimate of drug-likeness (QED) is 0.830. The Bertz CT molecular complexity index is 942. The highest BCUT2D eigenvalue weighted by Crippen LogP contribution is 2.20. The first-order valence-corrected chi connectivity index (χ1v) is 10.5. The van der Waals surface area contributed by atoms with Crippen molar-refractivity contribution in [3.05, 3.63) is 65.7 Å². The predicted molar refractivity (Wildman–Crippen MR) is 103 cm³/mol. The normalized spacial score (nSPS) is 16.6. The van der Waals surface area contributed by atoms with Crippen molar-refractivity contribution >= 4 is 22.0 Å². The summed E-state index contributed by atoms with van der Waals surface area (Å²) < 4.78 is 32.2. The smallest absolute Gasteiger partial charge is 0.410 e. The summed E-state index contributed by atoms with van der Waals surface area (Å²) in [6.07, 6.45) is 0.355. The number of amides is 2. The van der Waals surface area contributed by atoms with Crippen molar-refractivity contribution in [3.8, 4) is 0 Å². The number of likely N-dealkylation sites (tertiary alicyclic amines) is 1. The van der Waals surface area contributed by atoms with Crippen molar-refractivity contribution in [2.24, 2.45) is 0 Å². The van der Waals surface area contributed by atoms with Crippen LogP contribution >= 0.6 is 0 Å². The van der Waals surface area contributed by atoms with Crippen molar-refractivity contribution in [2.45, 2.75) is 37.3 Å². The first kappa shape index (κ1) is 19.9. The van der Waals surface area contributed by atoms with Crippen LogP contribution in [0.5, 0.6) is 0 Å². The third kappa shape index (κ3) is 4.69. The Kier molecular flexibility index (Phi) is 5.99. The van der Waals surface area contributed by atoms with Gasteiger partial charge in [0.05, 0.1) is 4.90 Å². The zero-order valence-corrected chi connectivity index (χ0v) is 16.3. The maximum absolute atomic E-state index is 12.6. The molecule has 1 aliphatic heterocycles. The molecule has 1 saturated heterocycles. The maximum atomic E-state index is 12.6. The van der Waals surface area contributed by atoms with Crippen molar-refractivity contribution in [2.75, 3.05) is 6.54 Å². The molecule has 0 radical (unpaired) electrons. The molecule has 2 amide bonds. The lowest BCUT2D eigenvalue weighted by Crippen LogP contribution is -2.47. The Morgan fingerprint density at radius 1 is 1.11 bits per heavy atom. The summed E-state index contributed by atoms with van der Waals surface area (Å²) in [4.78, 5) is 26.2. The van der Waals surface area contributed by atoms with E-state index in [2.05, 4.69) is 4.72 Å². The summed E-state index contributed by atoms with van der Waals surface area (Å²) in [5.41, 5.74) is 1.74. The molecule has 1 heterocycles. The zero-order chi connectivity index (χ0) is 20.1. The minimum Gasteiger partial charge on any atom is -0.445 e. The monoisotopic (exact) mass is 402 g/mol. The molecule has 2 aromatic rings. The molecule has 1 fully saturated rings. The van der Waals surface area contributed by atoms with Gasteiger partial charge in [0.2, 0.25) is 0 Å². The van der Waals surface area contributed by atoms with E-state index in [0.717, 1.165) is 11.1 Å². The Morgan fingerprint density at radius 2 is 1.79 bits per heavy atom. The number of nitrogens with zero attached hydrogens (tertiary/aromatic N) is 1. The van der Waals surface area contributed by atoms with Crippen LogP contribution in [0.3, 0.4) is 0 Å². The highest BCUT2D eigenvalue weighted by Gasteiger charge is 2.37. The zero-order valence-electron chi connectivity index (χ0n) is 15.5. The van der Waals surface area contributed by atoms with Gasteiger partial charge in [-0.2, -0.15) is 0 Å². The number of carbonyl (C=O) groups is 2. The average molecular weight is 402 g/mol. The molecule has 0 aromatic heterocycles. The van der Waals surface area contributed by atoms with Gasteiger partial charge in [-0.15, -0.1) is 0 Å². The Morgan fingerprint density at radius 3 is 2.46 bits per heavy atom. The second-order valence-corrected chi connectivity index (χ2v) is 8.36. The van der Waals surface area contributed by atoms with Crippen LogP contribution in [0.15, 0.2) is 59.5 Å². The van der Waals surface area contributed by atoms with Crippen LogP contribution in [-0.2, 0) is 26.2 Å². The van der Waals surface area contributed by atoms with E-state index in [1.54, 1.807) is 12.1 Å². The van der Waals surface area contributed by atoms with E-state index in [-0.39, 0.29) is 11.5 Å². The number of sulfonamides is 1. The molecule has 1 atom stereocenters. The lowest BCUT2D eigenvalue weighted by Gasteiger charge is -2.23. The van der Waals surface area contributed by atoms with Gasteiger partial charge < -0.3 is 4.74 Å². The average Bonchev–Trinajstić information content (AvgIpc) is 3.17. The van der Waals surface area contributed by atoms with E-state index in [1.165, 1.54) is 17.0 Å². The van der Waals surface area contributed by atoms with E-state index >= 15 is 0 Å². The number of hydrogen-bond acceptors (Lipinski definition) is 5. The molecule has 0 aliphatic carbocycles. The first-order valence-electron chi connectivity index (χ1n) is 8.97. The minimum atomic E-state index is -4.00. The van der Waals surface area contributed by atoms with Crippen molar-refractivity contribution in [1.29, 1.82) is 0 Å². The van der Waals surface area contributed by atoms with Gasteiger partial charge in [-0.05, 0) is 37.5 Å². The second-order valence-electron chi connectivity index (χ2n) is 6.67. The minimum absolute atomic E-state index is 0.00245. The molecule has 0 bridgehead atoms. The Labute approximate surface area is 164 Å². The van der Waals surface area contributed by atoms with E-state index in [1.807, 2.05) is 37.3 Å². The predicted octanol–water partition coefficient (Wildman–Crippen LogP) is 2.60. The molecule has 7 nitrogen and oxygen atoms in total. The van der Waals surface area contributed by atoms with Gasteiger partial charge in [0.25, 0.3) is 15.9 Å². The molecule has 3 rings (SSSR count). The summed E-state index contributed by atoms with van der Waals surface area (Å²) in [6, 6.07) is 14.5. The molecule has 148 valence electrons. The van der Waals surface area contributed by atoms with Crippen molar-refractivity contribution in [3.63, 3.8) is 0 Å². The highest BCUT2D eigenvalue weighted by atomic mass is 32.2. The van der Waals surface area contributed by atoms with Crippen LogP contribution < -0.4 is 4.72 Å². The number of hydrogen-bond donors (Lipinski definition) is 1. The van der Waals surface area contributed by atoms with Crippen molar-refractivity contribution in [1.82, 2.24) is 9.62 Å². The molecular formula is C20H22N2O5S. The van der Waals surface area contributed by atoms with E-state index in [0.29, 0.717) is 19.4 Å². The Balaban J connectivity index is 1.63. The van der Waals surface area contributed by atoms with Crippen LogP contribution in [0.2, 0.25) is 0 Å². The fraction of sp³-hybridized carbons (Fsp3) is 0.300. The number of rotatable bonds is 5. The van der Waals surface area contributed by atoms with Crippen LogP contribution in [0, 0.1) is 6.92 Å². The summed E-state index contributed by atoms with van der Waals surface area (Å²) in [5.74, 6) is -0.727. The summed E-state index contributed by atoms with van der Waals surface area (Å²) >= 11 is 0. The third-order valence-electron chi connectivity index (χ3n) is 4.56. The topological polar surface area (TPSA) is 92.8 Å². The second kappa shape index (κ2) is 8.43. The number of ether oxygens (including phenoxy) is 1. The molecule has 1 N–H and O–H groups in total. The molecule has 1 aliphatic rings. The molecule has 1 unspecified atom stereocenters. The van der Waals surface area contributed by atoms with E-state index in [9.17, 15) is 18.0 Å². The Hall–Kier alpha value is -2.87. The summed E-state index contributed by atoms with van der Waals surface area (Å²) in [6.45, 7) is 2.27. The largest absolute Gasteiger partial charge is 0.445 e. The molecule has 8 heteroatoms. The fourth-order valence-corrected chi connectivity index (χ4v) is 4.05. The summed E-state index contributed by atoms with van der Waals surface area (Å²) in [5, 5.41) is 0. The molecule has 0 saturated carbocycles. The van der Waals surface area contributed by atoms with Gasteiger partial charge in [0, 0.05) is 6.54 Å².